The second-order valence-electron chi connectivity index (χ2n) is 10.0. The molecule has 0 unspecified atom stereocenters. The molecule has 0 radical (unpaired) electrons. The molecule has 0 bridgehead atoms. The van der Waals surface area contributed by atoms with E-state index in [1.165, 1.54) is 4.90 Å². The van der Waals surface area contributed by atoms with Crippen molar-refractivity contribution in [1.29, 1.82) is 0 Å². The third-order valence-corrected chi connectivity index (χ3v) is 8.98. The average Bonchev–Trinajstić information content (AvgIpc) is 2.92. The van der Waals surface area contributed by atoms with E-state index in [4.69, 9.17) is 11.6 Å². The highest BCUT2D eigenvalue weighted by Crippen LogP contribution is 2.29. The monoisotopic (exact) mass is 583 g/mol. The van der Waals surface area contributed by atoms with E-state index in [9.17, 15) is 18.0 Å². The molecule has 40 heavy (non-hydrogen) atoms. The largest absolute Gasteiger partial charge is 0.354 e. The van der Waals surface area contributed by atoms with Gasteiger partial charge in [-0.2, -0.15) is 0 Å². The predicted molar refractivity (Wildman–Crippen MR) is 161 cm³/mol. The van der Waals surface area contributed by atoms with Gasteiger partial charge in [0.05, 0.1) is 10.6 Å². The lowest BCUT2D eigenvalue weighted by Crippen LogP contribution is -2.51. The molecule has 0 spiro atoms. The standard InChI is InChI=1S/C31H38ClN3O4S/c1-6-7-18-33-31(37)25(5)34(20-26-11-9-12-27(32)19-26)30(36)21-35(29-13-8-10-23(3)24(29)4)40(38,39)28-16-14-22(2)15-17-28/h8-17,19,25H,6-7,18,20-21H2,1-5H3,(H,33,37)/t25-/m0/s1. The number of rotatable bonds is 12. The van der Waals surface area contributed by atoms with Crippen LogP contribution in [0.3, 0.4) is 0 Å². The van der Waals surface area contributed by atoms with Crippen LogP contribution in [0.25, 0.3) is 0 Å². The van der Waals surface area contributed by atoms with E-state index < -0.39 is 28.5 Å². The van der Waals surface area contributed by atoms with Crippen molar-refractivity contribution in [3.8, 4) is 0 Å². The number of aryl methyl sites for hydroxylation is 2. The molecule has 0 heterocycles. The lowest BCUT2D eigenvalue weighted by atomic mass is 10.1. The van der Waals surface area contributed by atoms with E-state index in [0.717, 1.165) is 39.4 Å². The number of hydrogen-bond donors (Lipinski definition) is 1. The van der Waals surface area contributed by atoms with Crippen molar-refractivity contribution < 1.29 is 18.0 Å². The van der Waals surface area contributed by atoms with Crippen LogP contribution in [0.4, 0.5) is 5.69 Å². The molecule has 0 aliphatic heterocycles. The molecule has 0 aliphatic rings. The van der Waals surface area contributed by atoms with E-state index in [-0.39, 0.29) is 17.3 Å². The molecule has 0 saturated carbocycles. The molecule has 3 aromatic carbocycles. The molecule has 0 aromatic heterocycles. The fourth-order valence-corrected chi connectivity index (χ4v) is 5.99. The highest BCUT2D eigenvalue weighted by atomic mass is 35.5. The average molecular weight is 584 g/mol. The van der Waals surface area contributed by atoms with Crippen LogP contribution in [0.2, 0.25) is 5.02 Å². The first-order chi connectivity index (χ1) is 18.9. The Balaban J connectivity index is 2.04. The zero-order valence-electron chi connectivity index (χ0n) is 23.8. The number of halogens is 1. The highest BCUT2D eigenvalue weighted by Gasteiger charge is 2.33. The van der Waals surface area contributed by atoms with Crippen LogP contribution in [0.15, 0.2) is 71.6 Å². The van der Waals surface area contributed by atoms with E-state index in [2.05, 4.69) is 5.32 Å². The fourth-order valence-electron chi connectivity index (χ4n) is 4.31. The molecule has 1 atom stereocenters. The van der Waals surface area contributed by atoms with E-state index in [1.807, 2.05) is 39.8 Å². The Hall–Kier alpha value is -3.36. The molecular formula is C31H38ClN3O4S. The van der Waals surface area contributed by atoms with Gasteiger partial charge in [0.1, 0.15) is 12.6 Å². The third kappa shape index (κ3) is 7.64. The van der Waals surface area contributed by atoms with Gasteiger partial charge in [-0.05, 0) is 81.1 Å². The summed E-state index contributed by atoms with van der Waals surface area (Å²) in [5, 5.41) is 3.39. The lowest BCUT2D eigenvalue weighted by molar-refractivity contribution is -0.139. The summed E-state index contributed by atoms with van der Waals surface area (Å²) in [4.78, 5) is 28.6. The molecule has 7 nitrogen and oxygen atoms in total. The number of anilines is 1. The Morgan fingerprint density at radius 3 is 2.30 bits per heavy atom. The minimum Gasteiger partial charge on any atom is -0.354 e. The molecule has 0 saturated heterocycles. The van der Waals surface area contributed by atoms with Crippen LogP contribution in [0, 0.1) is 20.8 Å². The molecule has 1 N–H and O–H groups in total. The fraction of sp³-hybridized carbons (Fsp3) is 0.355. The van der Waals surface area contributed by atoms with Gasteiger partial charge in [0.15, 0.2) is 0 Å². The Kier molecular flexibility index (Phi) is 10.8. The number of carbonyl (C=O) groups is 2. The summed E-state index contributed by atoms with van der Waals surface area (Å²) >= 11 is 6.20. The Bertz CT molecular complexity index is 1440. The summed E-state index contributed by atoms with van der Waals surface area (Å²) in [5.74, 6) is -0.807. The van der Waals surface area contributed by atoms with E-state index in [0.29, 0.717) is 17.3 Å². The first-order valence-corrected chi connectivity index (χ1v) is 15.2. The topological polar surface area (TPSA) is 86.8 Å². The summed E-state index contributed by atoms with van der Waals surface area (Å²) in [6.45, 7) is 9.40. The maximum atomic E-state index is 14.0. The zero-order chi connectivity index (χ0) is 29.4. The summed E-state index contributed by atoms with van der Waals surface area (Å²) in [5.41, 5.74) is 3.71. The van der Waals surface area contributed by atoms with Crippen LogP contribution in [-0.2, 0) is 26.2 Å². The minimum absolute atomic E-state index is 0.0820. The smallest absolute Gasteiger partial charge is 0.264 e. The summed E-state index contributed by atoms with van der Waals surface area (Å²) in [7, 11) is -4.12. The van der Waals surface area contributed by atoms with Crippen LogP contribution in [0.5, 0.6) is 0 Å². The van der Waals surface area contributed by atoms with Crippen molar-refractivity contribution >= 4 is 39.1 Å². The van der Waals surface area contributed by atoms with Gasteiger partial charge in [-0.3, -0.25) is 13.9 Å². The van der Waals surface area contributed by atoms with Crippen molar-refractivity contribution in [2.75, 3.05) is 17.4 Å². The van der Waals surface area contributed by atoms with Crippen LogP contribution >= 0.6 is 11.6 Å². The van der Waals surface area contributed by atoms with Gasteiger partial charge >= 0.3 is 0 Å². The number of amides is 2. The van der Waals surface area contributed by atoms with Gasteiger partial charge in [0.2, 0.25) is 11.8 Å². The Labute approximate surface area is 243 Å². The molecular weight excluding hydrogens is 546 g/mol. The lowest BCUT2D eigenvalue weighted by Gasteiger charge is -2.32. The first kappa shape index (κ1) is 31.2. The first-order valence-electron chi connectivity index (χ1n) is 13.4. The minimum atomic E-state index is -4.12. The van der Waals surface area contributed by atoms with Crippen LogP contribution in [0.1, 0.15) is 48.9 Å². The SMILES string of the molecule is CCCCNC(=O)[C@H](C)N(Cc1cccc(Cl)c1)C(=O)CN(c1cccc(C)c1C)S(=O)(=O)c1ccc(C)cc1. The molecule has 9 heteroatoms. The van der Waals surface area contributed by atoms with Crippen molar-refractivity contribution in [1.82, 2.24) is 10.2 Å². The van der Waals surface area contributed by atoms with Crippen LogP contribution in [-0.4, -0.2) is 44.3 Å². The third-order valence-electron chi connectivity index (χ3n) is 6.97. The number of carbonyl (C=O) groups excluding carboxylic acids is 2. The van der Waals surface area contributed by atoms with Gasteiger partial charge in [-0.1, -0.05) is 66.9 Å². The van der Waals surface area contributed by atoms with Crippen molar-refractivity contribution in [3.05, 3.63) is 94.0 Å². The van der Waals surface area contributed by atoms with E-state index >= 15 is 0 Å². The van der Waals surface area contributed by atoms with Gasteiger partial charge in [0.25, 0.3) is 10.0 Å². The van der Waals surface area contributed by atoms with Gasteiger partial charge < -0.3 is 10.2 Å². The van der Waals surface area contributed by atoms with Crippen molar-refractivity contribution in [2.45, 2.75) is 64.9 Å². The Morgan fingerprint density at radius 2 is 1.65 bits per heavy atom. The second-order valence-corrected chi connectivity index (χ2v) is 12.3. The highest BCUT2D eigenvalue weighted by molar-refractivity contribution is 7.92. The quantitative estimate of drug-likeness (QED) is 0.273. The summed E-state index contributed by atoms with van der Waals surface area (Å²) in [6, 6.07) is 18.1. The molecule has 0 aliphatic carbocycles. The number of unbranched alkanes of at least 4 members (excludes halogenated alkanes) is 1. The molecule has 214 valence electrons. The number of hydrogen-bond acceptors (Lipinski definition) is 4. The second kappa shape index (κ2) is 13.8. The number of nitrogens with one attached hydrogen (secondary N) is 1. The summed E-state index contributed by atoms with van der Waals surface area (Å²) in [6.07, 6.45) is 1.73. The number of benzene rings is 3. The summed E-state index contributed by atoms with van der Waals surface area (Å²) < 4.78 is 29.2. The van der Waals surface area contributed by atoms with Gasteiger partial charge in [-0.25, -0.2) is 8.42 Å². The van der Waals surface area contributed by atoms with Crippen molar-refractivity contribution in [2.24, 2.45) is 0 Å². The normalized spacial score (nSPS) is 12.1. The predicted octanol–water partition coefficient (Wildman–Crippen LogP) is 5.79. The van der Waals surface area contributed by atoms with Crippen molar-refractivity contribution in [3.63, 3.8) is 0 Å². The molecule has 2 amide bonds. The van der Waals surface area contributed by atoms with Gasteiger partial charge in [-0.15, -0.1) is 0 Å². The zero-order valence-corrected chi connectivity index (χ0v) is 25.3. The molecule has 3 rings (SSSR count). The number of nitrogens with zero attached hydrogens (tertiary/aromatic N) is 2. The Morgan fingerprint density at radius 1 is 0.975 bits per heavy atom. The number of sulfonamides is 1. The maximum Gasteiger partial charge on any atom is 0.264 e. The van der Waals surface area contributed by atoms with Crippen LogP contribution < -0.4 is 9.62 Å². The molecule has 3 aromatic rings. The van der Waals surface area contributed by atoms with E-state index in [1.54, 1.807) is 61.5 Å². The maximum absolute atomic E-state index is 14.0. The van der Waals surface area contributed by atoms with Gasteiger partial charge in [0, 0.05) is 18.1 Å². The molecule has 0 fully saturated rings.